The minimum absolute atomic E-state index is 0.266. The Morgan fingerprint density at radius 3 is 2.38 bits per heavy atom. The van der Waals surface area contributed by atoms with Gasteiger partial charge in [0.15, 0.2) is 0 Å². The maximum absolute atomic E-state index is 13.5. The zero-order valence-corrected chi connectivity index (χ0v) is 12.4. The summed E-state index contributed by atoms with van der Waals surface area (Å²) in [6.07, 6.45) is -1.05. The van der Waals surface area contributed by atoms with Crippen LogP contribution >= 0.6 is 11.6 Å². The van der Waals surface area contributed by atoms with Crippen molar-refractivity contribution in [2.45, 2.75) is 11.0 Å². The van der Waals surface area contributed by atoms with Crippen LogP contribution in [-0.4, -0.2) is 20.1 Å². The van der Waals surface area contributed by atoms with Crippen molar-refractivity contribution in [3.63, 3.8) is 0 Å². The van der Waals surface area contributed by atoms with Crippen LogP contribution in [0.1, 0.15) is 11.7 Å². The Hall–Kier alpha value is -1.47. The van der Waals surface area contributed by atoms with Gasteiger partial charge in [0, 0.05) is 11.6 Å². The first-order valence-corrected chi connectivity index (χ1v) is 7.94. The van der Waals surface area contributed by atoms with Crippen molar-refractivity contribution in [2.75, 3.05) is 6.54 Å². The summed E-state index contributed by atoms with van der Waals surface area (Å²) in [5.41, 5.74) is 0.510. The van der Waals surface area contributed by atoms with Crippen LogP contribution in [0.5, 0.6) is 0 Å². The average Bonchev–Trinajstić information content (AvgIpc) is 2.46. The highest BCUT2D eigenvalue weighted by Gasteiger charge is 2.19. The minimum Gasteiger partial charge on any atom is -0.387 e. The molecular formula is C14H13ClFNO3S. The Morgan fingerprint density at radius 1 is 1.14 bits per heavy atom. The lowest BCUT2D eigenvalue weighted by molar-refractivity contribution is 0.182. The van der Waals surface area contributed by atoms with E-state index in [0.29, 0.717) is 10.6 Å². The Bertz CT molecular complexity index is 719. The fourth-order valence-electron chi connectivity index (χ4n) is 1.73. The summed E-state index contributed by atoms with van der Waals surface area (Å²) < 4.78 is 39.6. The molecule has 0 aromatic heterocycles. The van der Waals surface area contributed by atoms with Gasteiger partial charge in [-0.1, -0.05) is 35.9 Å². The van der Waals surface area contributed by atoms with Gasteiger partial charge in [-0.05, 0) is 29.8 Å². The van der Waals surface area contributed by atoms with Crippen molar-refractivity contribution in [3.8, 4) is 0 Å². The van der Waals surface area contributed by atoms with E-state index >= 15 is 0 Å². The molecule has 0 aliphatic rings. The number of halogens is 2. The van der Waals surface area contributed by atoms with Crippen LogP contribution in [0.15, 0.2) is 53.4 Å². The molecule has 112 valence electrons. The minimum atomic E-state index is -4.01. The van der Waals surface area contributed by atoms with Gasteiger partial charge in [-0.2, -0.15) is 0 Å². The molecule has 7 heteroatoms. The second kappa shape index (κ2) is 6.53. The van der Waals surface area contributed by atoms with Crippen LogP contribution in [-0.2, 0) is 10.0 Å². The standard InChI is InChI=1S/C14H13ClFNO3S/c15-11-7-5-10(6-8-11)13(18)9-17-21(19,20)14-4-2-1-3-12(14)16/h1-8,13,17-18H,9H2. The van der Waals surface area contributed by atoms with Crippen molar-refractivity contribution in [2.24, 2.45) is 0 Å². The molecule has 4 nitrogen and oxygen atoms in total. The quantitative estimate of drug-likeness (QED) is 0.885. The molecule has 2 aromatic rings. The van der Waals surface area contributed by atoms with Crippen molar-refractivity contribution in [1.82, 2.24) is 4.72 Å². The number of aliphatic hydroxyl groups is 1. The van der Waals surface area contributed by atoms with Crippen LogP contribution in [0, 0.1) is 5.82 Å². The second-order valence-corrected chi connectivity index (χ2v) is 6.52. The molecule has 0 heterocycles. The van der Waals surface area contributed by atoms with Crippen LogP contribution in [0.2, 0.25) is 5.02 Å². The molecule has 2 N–H and O–H groups in total. The van der Waals surface area contributed by atoms with Crippen LogP contribution in [0.3, 0.4) is 0 Å². The van der Waals surface area contributed by atoms with Gasteiger partial charge in [0.25, 0.3) is 0 Å². The maximum Gasteiger partial charge on any atom is 0.243 e. The summed E-state index contributed by atoms with van der Waals surface area (Å²) in [6, 6.07) is 11.4. The lowest BCUT2D eigenvalue weighted by Gasteiger charge is -2.13. The highest BCUT2D eigenvalue weighted by Crippen LogP contribution is 2.17. The molecule has 0 amide bonds. The molecule has 0 aliphatic heterocycles. The van der Waals surface area contributed by atoms with E-state index in [9.17, 15) is 17.9 Å². The van der Waals surface area contributed by atoms with Gasteiger partial charge < -0.3 is 5.11 Å². The van der Waals surface area contributed by atoms with Gasteiger partial charge in [0.1, 0.15) is 10.7 Å². The number of rotatable bonds is 5. The molecule has 1 atom stereocenters. The first-order chi connectivity index (χ1) is 9.90. The van der Waals surface area contributed by atoms with Crippen molar-refractivity contribution in [1.29, 1.82) is 0 Å². The van der Waals surface area contributed by atoms with E-state index in [1.54, 1.807) is 24.3 Å². The molecule has 0 saturated carbocycles. The van der Waals surface area contributed by atoms with Gasteiger partial charge in [-0.15, -0.1) is 0 Å². The predicted molar refractivity (Wildman–Crippen MR) is 78.0 cm³/mol. The summed E-state index contributed by atoms with van der Waals surface area (Å²) in [5, 5.41) is 10.4. The normalized spacial score (nSPS) is 13.1. The molecule has 0 aliphatic carbocycles. The summed E-state index contributed by atoms with van der Waals surface area (Å²) >= 11 is 5.73. The van der Waals surface area contributed by atoms with E-state index in [1.807, 2.05) is 0 Å². The van der Waals surface area contributed by atoms with Crippen LogP contribution < -0.4 is 4.72 Å². The first kappa shape index (κ1) is 15.9. The summed E-state index contributed by atoms with van der Waals surface area (Å²) in [4.78, 5) is -0.451. The molecule has 0 saturated heterocycles. The fraction of sp³-hybridized carbons (Fsp3) is 0.143. The molecule has 2 rings (SSSR count). The third kappa shape index (κ3) is 4.01. The lowest BCUT2D eigenvalue weighted by atomic mass is 10.1. The number of hydrogen-bond acceptors (Lipinski definition) is 3. The fourth-order valence-corrected chi connectivity index (χ4v) is 2.97. The van der Waals surface area contributed by atoms with E-state index in [4.69, 9.17) is 11.6 Å². The Morgan fingerprint density at radius 2 is 1.76 bits per heavy atom. The Labute approximate surface area is 127 Å². The molecule has 0 radical (unpaired) electrons. The maximum atomic E-state index is 13.5. The molecule has 0 fully saturated rings. The van der Waals surface area contributed by atoms with Crippen molar-refractivity contribution >= 4 is 21.6 Å². The monoisotopic (exact) mass is 329 g/mol. The van der Waals surface area contributed by atoms with Crippen molar-refractivity contribution < 1.29 is 17.9 Å². The highest BCUT2D eigenvalue weighted by molar-refractivity contribution is 7.89. The van der Waals surface area contributed by atoms with Gasteiger partial charge in [-0.3, -0.25) is 0 Å². The highest BCUT2D eigenvalue weighted by atomic mass is 35.5. The van der Waals surface area contributed by atoms with Crippen LogP contribution in [0.4, 0.5) is 4.39 Å². The van der Waals surface area contributed by atoms with Crippen molar-refractivity contribution in [3.05, 3.63) is 64.9 Å². The smallest absolute Gasteiger partial charge is 0.243 e. The molecule has 0 bridgehead atoms. The summed E-state index contributed by atoms with van der Waals surface area (Å²) in [7, 11) is -4.01. The third-order valence-electron chi connectivity index (χ3n) is 2.85. The summed E-state index contributed by atoms with van der Waals surface area (Å²) in [6.45, 7) is -0.266. The molecule has 1 unspecified atom stereocenters. The lowest BCUT2D eigenvalue weighted by Crippen LogP contribution is -2.29. The van der Waals surface area contributed by atoms with E-state index in [0.717, 1.165) is 12.1 Å². The number of nitrogens with one attached hydrogen (secondary N) is 1. The molecule has 21 heavy (non-hydrogen) atoms. The van der Waals surface area contributed by atoms with Gasteiger partial charge >= 0.3 is 0 Å². The summed E-state index contributed by atoms with van der Waals surface area (Å²) in [5.74, 6) is -0.842. The van der Waals surface area contributed by atoms with Gasteiger partial charge in [-0.25, -0.2) is 17.5 Å². The topological polar surface area (TPSA) is 66.4 Å². The number of sulfonamides is 1. The SMILES string of the molecule is O=S(=O)(NCC(O)c1ccc(Cl)cc1)c1ccccc1F. The Balaban J connectivity index is 2.08. The first-order valence-electron chi connectivity index (χ1n) is 6.08. The van der Waals surface area contributed by atoms with Gasteiger partial charge in [0.2, 0.25) is 10.0 Å². The third-order valence-corrected chi connectivity index (χ3v) is 4.56. The van der Waals surface area contributed by atoms with E-state index in [1.165, 1.54) is 12.1 Å². The Kier molecular flexibility index (Phi) is 4.95. The zero-order chi connectivity index (χ0) is 15.5. The number of benzene rings is 2. The largest absolute Gasteiger partial charge is 0.387 e. The van der Waals surface area contributed by atoms with Gasteiger partial charge in [0.05, 0.1) is 6.10 Å². The van der Waals surface area contributed by atoms with Crippen LogP contribution in [0.25, 0.3) is 0 Å². The van der Waals surface area contributed by atoms with E-state index in [2.05, 4.69) is 4.72 Å². The molecule has 2 aromatic carbocycles. The molecule has 0 spiro atoms. The number of aliphatic hydroxyl groups excluding tert-OH is 1. The zero-order valence-electron chi connectivity index (χ0n) is 10.8. The number of hydrogen-bond donors (Lipinski definition) is 2. The van der Waals surface area contributed by atoms with E-state index < -0.39 is 26.8 Å². The molecular weight excluding hydrogens is 317 g/mol. The predicted octanol–water partition coefficient (Wildman–Crippen LogP) is 2.49. The average molecular weight is 330 g/mol. The second-order valence-electron chi connectivity index (χ2n) is 4.35. The van der Waals surface area contributed by atoms with E-state index in [-0.39, 0.29) is 6.54 Å².